The lowest BCUT2D eigenvalue weighted by molar-refractivity contribution is -0.136. The fourth-order valence-electron chi connectivity index (χ4n) is 3.08. The summed E-state index contributed by atoms with van der Waals surface area (Å²) in [5, 5.41) is 8.93. The number of carboxylic acids is 1. The van der Waals surface area contributed by atoms with E-state index in [1.165, 1.54) is 6.42 Å². The van der Waals surface area contributed by atoms with E-state index in [-0.39, 0.29) is 12.5 Å². The van der Waals surface area contributed by atoms with Crippen molar-refractivity contribution in [2.24, 2.45) is 11.8 Å². The lowest BCUT2D eigenvalue weighted by Crippen LogP contribution is -2.28. The zero-order valence-electron chi connectivity index (χ0n) is 11.6. The van der Waals surface area contributed by atoms with E-state index in [0.29, 0.717) is 11.8 Å². The molecule has 1 aromatic rings. The fraction of sp³-hybridized carbons (Fsp3) is 0.562. The van der Waals surface area contributed by atoms with Crippen molar-refractivity contribution in [1.29, 1.82) is 0 Å². The molecule has 0 amide bonds. The quantitative estimate of drug-likeness (QED) is 0.903. The average molecular weight is 262 g/mol. The van der Waals surface area contributed by atoms with Crippen LogP contribution in [0.2, 0.25) is 0 Å². The summed E-state index contributed by atoms with van der Waals surface area (Å²) < 4.78 is 6.06. The molecular weight excluding hydrogens is 240 g/mol. The molecule has 1 aliphatic rings. The fourth-order valence-corrected chi connectivity index (χ4v) is 3.08. The normalized spacial score (nSPS) is 26.9. The number of aliphatic carboxylic acids is 1. The predicted octanol–water partition coefficient (Wildman–Crippen LogP) is 3.52. The maximum absolute atomic E-state index is 10.9. The average Bonchev–Trinajstić information content (AvgIpc) is 2.29. The van der Waals surface area contributed by atoms with Crippen LogP contribution in [-0.2, 0) is 11.2 Å². The second-order valence-electron chi connectivity index (χ2n) is 5.84. The van der Waals surface area contributed by atoms with E-state index in [1.807, 2.05) is 24.3 Å². The highest BCUT2D eigenvalue weighted by Crippen LogP contribution is 2.32. The van der Waals surface area contributed by atoms with Crippen LogP contribution in [0, 0.1) is 11.8 Å². The van der Waals surface area contributed by atoms with Gasteiger partial charge in [-0.25, -0.2) is 0 Å². The molecule has 1 aromatic carbocycles. The van der Waals surface area contributed by atoms with Gasteiger partial charge in [0.1, 0.15) is 5.75 Å². The van der Waals surface area contributed by atoms with Gasteiger partial charge in [0, 0.05) is 5.56 Å². The zero-order chi connectivity index (χ0) is 13.8. The van der Waals surface area contributed by atoms with Crippen molar-refractivity contribution in [3.05, 3.63) is 29.8 Å². The van der Waals surface area contributed by atoms with Crippen molar-refractivity contribution >= 4 is 5.97 Å². The largest absolute Gasteiger partial charge is 0.490 e. The second kappa shape index (κ2) is 6.09. The van der Waals surface area contributed by atoms with Gasteiger partial charge in [-0.1, -0.05) is 32.0 Å². The molecule has 2 unspecified atom stereocenters. The number of carboxylic acid groups (broad SMARTS) is 1. The number of benzene rings is 1. The first kappa shape index (κ1) is 13.9. The first-order chi connectivity index (χ1) is 9.04. The van der Waals surface area contributed by atoms with Crippen LogP contribution in [0.25, 0.3) is 0 Å². The van der Waals surface area contributed by atoms with Crippen molar-refractivity contribution < 1.29 is 14.6 Å². The standard InChI is InChI=1S/C16H22O3/c1-11-7-12(2)9-14(8-11)19-15-6-4-3-5-13(15)10-16(17)18/h3-6,11-12,14H,7-10H2,1-2H3,(H,17,18). The third kappa shape index (κ3) is 3.98. The Bertz CT molecular complexity index is 431. The second-order valence-corrected chi connectivity index (χ2v) is 5.84. The number of ether oxygens (including phenoxy) is 1. The monoisotopic (exact) mass is 262 g/mol. The minimum atomic E-state index is -0.818. The van der Waals surface area contributed by atoms with Crippen LogP contribution in [0.4, 0.5) is 0 Å². The molecule has 0 spiro atoms. The molecule has 1 N–H and O–H groups in total. The summed E-state index contributed by atoms with van der Waals surface area (Å²) in [4.78, 5) is 10.9. The molecule has 0 saturated heterocycles. The van der Waals surface area contributed by atoms with Crippen LogP contribution in [-0.4, -0.2) is 17.2 Å². The maximum Gasteiger partial charge on any atom is 0.307 e. The van der Waals surface area contributed by atoms with Crippen LogP contribution in [0.5, 0.6) is 5.75 Å². The number of hydrogen-bond acceptors (Lipinski definition) is 2. The van der Waals surface area contributed by atoms with Gasteiger partial charge in [-0.2, -0.15) is 0 Å². The van der Waals surface area contributed by atoms with Gasteiger partial charge in [-0.05, 0) is 37.2 Å². The molecule has 1 aliphatic carbocycles. The number of hydrogen-bond donors (Lipinski definition) is 1. The topological polar surface area (TPSA) is 46.5 Å². The molecule has 2 rings (SSSR count). The molecule has 0 radical (unpaired) electrons. The van der Waals surface area contributed by atoms with Gasteiger partial charge in [0.2, 0.25) is 0 Å². The molecule has 1 saturated carbocycles. The van der Waals surface area contributed by atoms with E-state index >= 15 is 0 Å². The van der Waals surface area contributed by atoms with E-state index in [2.05, 4.69) is 13.8 Å². The van der Waals surface area contributed by atoms with E-state index in [9.17, 15) is 4.79 Å². The third-order valence-corrected chi connectivity index (χ3v) is 3.74. The highest BCUT2D eigenvalue weighted by Gasteiger charge is 2.25. The highest BCUT2D eigenvalue weighted by molar-refractivity contribution is 5.71. The van der Waals surface area contributed by atoms with Crippen molar-refractivity contribution in [2.45, 2.75) is 45.6 Å². The summed E-state index contributed by atoms with van der Waals surface area (Å²) in [5.74, 6) is 1.28. The lowest BCUT2D eigenvalue weighted by Gasteiger charge is -2.32. The summed E-state index contributed by atoms with van der Waals surface area (Å²) in [7, 11) is 0. The Balaban J connectivity index is 2.07. The van der Waals surface area contributed by atoms with E-state index in [4.69, 9.17) is 9.84 Å². The maximum atomic E-state index is 10.9. The van der Waals surface area contributed by atoms with Crippen LogP contribution in [0.3, 0.4) is 0 Å². The van der Waals surface area contributed by atoms with Gasteiger partial charge in [-0.3, -0.25) is 4.79 Å². The Kier molecular flexibility index (Phi) is 4.46. The van der Waals surface area contributed by atoms with Crippen LogP contribution < -0.4 is 4.74 Å². The molecule has 0 aliphatic heterocycles. The smallest absolute Gasteiger partial charge is 0.307 e. The van der Waals surface area contributed by atoms with Gasteiger partial charge in [0.25, 0.3) is 0 Å². The molecule has 0 bridgehead atoms. The number of para-hydroxylation sites is 1. The molecule has 19 heavy (non-hydrogen) atoms. The Labute approximate surface area is 114 Å². The van der Waals surface area contributed by atoms with E-state index in [1.54, 1.807) is 0 Å². The summed E-state index contributed by atoms with van der Waals surface area (Å²) in [6, 6.07) is 7.47. The van der Waals surface area contributed by atoms with E-state index < -0.39 is 5.97 Å². The van der Waals surface area contributed by atoms with Gasteiger partial charge in [-0.15, -0.1) is 0 Å². The summed E-state index contributed by atoms with van der Waals surface area (Å²) in [6.45, 7) is 4.52. The Morgan fingerprint density at radius 3 is 2.47 bits per heavy atom. The molecular formula is C16H22O3. The molecule has 3 nitrogen and oxygen atoms in total. The Morgan fingerprint density at radius 1 is 1.21 bits per heavy atom. The first-order valence-corrected chi connectivity index (χ1v) is 7.01. The lowest BCUT2D eigenvalue weighted by atomic mass is 9.82. The summed E-state index contributed by atoms with van der Waals surface area (Å²) in [5.41, 5.74) is 0.765. The molecule has 0 heterocycles. The third-order valence-electron chi connectivity index (χ3n) is 3.74. The van der Waals surface area contributed by atoms with Gasteiger partial charge in [0.05, 0.1) is 12.5 Å². The molecule has 104 valence electrons. The van der Waals surface area contributed by atoms with Crippen molar-refractivity contribution in [2.75, 3.05) is 0 Å². The van der Waals surface area contributed by atoms with Crippen molar-refractivity contribution in [1.82, 2.24) is 0 Å². The predicted molar refractivity (Wildman–Crippen MR) is 74.4 cm³/mol. The van der Waals surface area contributed by atoms with Crippen LogP contribution >= 0.6 is 0 Å². The van der Waals surface area contributed by atoms with Crippen LogP contribution in [0.15, 0.2) is 24.3 Å². The number of carbonyl (C=O) groups is 1. The molecule has 1 fully saturated rings. The van der Waals surface area contributed by atoms with Gasteiger partial charge < -0.3 is 9.84 Å². The molecule has 0 aromatic heterocycles. The van der Waals surface area contributed by atoms with Gasteiger partial charge in [0.15, 0.2) is 0 Å². The Hall–Kier alpha value is -1.51. The SMILES string of the molecule is CC1CC(C)CC(Oc2ccccc2CC(=O)O)C1. The first-order valence-electron chi connectivity index (χ1n) is 7.01. The summed E-state index contributed by atoms with van der Waals surface area (Å²) in [6.07, 6.45) is 3.62. The van der Waals surface area contributed by atoms with Gasteiger partial charge >= 0.3 is 5.97 Å². The van der Waals surface area contributed by atoms with Crippen molar-refractivity contribution in [3.8, 4) is 5.75 Å². The van der Waals surface area contributed by atoms with Crippen molar-refractivity contribution in [3.63, 3.8) is 0 Å². The van der Waals surface area contributed by atoms with Crippen LogP contribution in [0.1, 0.15) is 38.7 Å². The molecule has 3 heteroatoms. The highest BCUT2D eigenvalue weighted by atomic mass is 16.5. The van der Waals surface area contributed by atoms with E-state index in [0.717, 1.165) is 24.2 Å². The minimum Gasteiger partial charge on any atom is -0.490 e. The summed E-state index contributed by atoms with van der Waals surface area (Å²) >= 11 is 0. The number of rotatable bonds is 4. The zero-order valence-corrected chi connectivity index (χ0v) is 11.6. The Morgan fingerprint density at radius 2 is 1.84 bits per heavy atom. The molecule has 2 atom stereocenters. The minimum absolute atomic E-state index is 0.0218.